The van der Waals surface area contributed by atoms with Crippen molar-refractivity contribution in [1.29, 1.82) is 0 Å². The number of allylic oxidation sites excluding steroid dienone is 1. The molecule has 0 atom stereocenters. The molecule has 0 unspecified atom stereocenters. The van der Waals surface area contributed by atoms with Crippen molar-refractivity contribution in [3.63, 3.8) is 0 Å². The molecule has 0 bridgehead atoms. The van der Waals surface area contributed by atoms with Gasteiger partial charge in [0, 0.05) is 0 Å². The van der Waals surface area contributed by atoms with E-state index in [4.69, 9.17) is 4.65 Å². The summed E-state index contributed by atoms with van der Waals surface area (Å²) in [6.45, 7) is 8.71. The SMILES string of the molecule is CCB(CC)OC(Br)=C(C)C. The van der Waals surface area contributed by atoms with Crippen molar-refractivity contribution in [3.05, 3.63) is 10.2 Å². The van der Waals surface area contributed by atoms with Crippen LogP contribution in [-0.4, -0.2) is 6.92 Å². The number of hydrogen-bond acceptors (Lipinski definition) is 1. The maximum atomic E-state index is 5.61. The highest BCUT2D eigenvalue weighted by molar-refractivity contribution is 9.11. The molecule has 0 heterocycles. The zero-order chi connectivity index (χ0) is 8.85. The van der Waals surface area contributed by atoms with Crippen molar-refractivity contribution in [2.75, 3.05) is 0 Å². The van der Waals surface area contributed by atoms with Crippen LogP contribution in [0.3, 0.4) is 0 Å². The van der Waals surface area contributed by atoms with Crippen LogP contribution in [0.2, 0.25) is 12.6 Å². The second-order valence-corrected chi connectivity index (χ2v) is 3.55. The number of hydrogen-bond donors (Lipinski definition) is 0. The minimum atomic E-state index is 0.360. The summed E-state index contributed by atoms with van der Waals surface area (Å²) in [6, 6.07) is 0. The summed E-state index contributed by atoms with van der Waals surface area (Å²) >= 11 is 3.38. The minimum Gasteiger partial charge on any atom is -0.556 e. The summed E-state index contributed by atoms with van der Waals surface area (Å²) in [4.78, 5) is 0. The third-order valence-electron chi connectivity index (χ3n) is 1.57. The van der Waals surface area contributed by atoms with Crippen LogP contribution in [0.25, 0.3) is 0 Å². The van der Waals surface area contributed by atoms with Gasteiger partial charge in [0.05, 0.1) is 0 Å². The fraction of sp³-hybridized carbons (Fsp3) is 0.750. The monoisotopic (exact) mass is 218 g/mol. The quantitative estimate of drug-likeness (QED) is 0.517. The first-order valence-corrected chi connectivity index (χ1v) is 4.90. The summed E-state index contributed by atoms with van der Waals surface area (Å²) in [5.41, 5.74) is 1.19. The van der Waals surface area contributed by atoms with E-state index in [1.807, 2.05) is 13.8 Å². The van der Waals surface area contributed by atoms with Crippen LogP contribution < -0.4 is 0 Å². The van der Waals surface area contributed by atoms with Gasteiger partial charge in [0.2, 0.25) is 0 Å². The second kappa shape index (κ2) is 5.70. The number of halogens is 1. The Morgan fingerprint density at radius 2 is 1.73 bits per heavy atom. The van der Waals surface area contributed by atoms with E-state index in [0.717, 1.165) is 17.3 Å². The molecule has 0 fully saturated rings. The molecule has 0 radical (unpaired) electrons. The van der Waals surface area contributed by atoms with Crippen LogP contribution in [0.5, 0.6) is 0 Å². The Bertz CT molecular complexity index is 137. The molecule has 3 heteroatoms. The van der Waals surface area contributed by atoms with Crippen molar-refractivity contribution in [2.24, 2.45) is 0 Å². The van der Waals surface area contributed by atoms with Crippen LogP contribution in [-0.2, 0) is 4.65 Å². The molecule has 0 aromatic carbocycles. The van der Waals surface area contributed by atoms with Gasteiger partial charge in [-0.05, 0) is 48.0 Å². The predicted molar refractivity (Wildman–Crippen MR) is 55.1 cm³/mol. The lowest BCUT2D eigenvalue weighted by Crippen LogP contribution is -2.13. The molecule has 0 aromatic heterocycles. The maximum Gasteiger partial charge on any atom is 0.357 e. The molecule has 1 nitrogen and oxygen atoms in total. The van der Waals surface area contributed by atoms with E-state index in [1.54, 1.807) is 0 Å². The second-order valence-electron chi connectivity index (χ2n) is 2.83. The molecule has 0 saturated heterocycles. The highest BCUT2D eigenvalue weighted by Crippen LogP contribution is 2.16. The molecule has 11 heavy (non-hydrogen) atoms. The Kier molecular flexibility index (Phi) is 5.74. The fourth-order valence-corrected chi connectivity index (χ4v) is 0.984. The maximum absolute atomic E-state index is 5.61. The molecule has 0 saturated carbocycles. The van der Waals surface area contributed by atoms with E-state index in [1.165, 1.54) is 5.57 Å². The van der Waals surface area contributed by atoms with Crippen molar-refractivity contribution >= 4 is 22.8 Å². The Morgan fingerprint density at radius 3 is 2.00 bits per heavy atom. The Labute approximate surface area is 78.4 Å². The van der Waals surface area contributed by atoms with Crippen LogP contribution >= 0.6 is 15.9 Å². The lowest BCUT2D eigenvalue weighted by atomic mass is 9.63. The molecule has 0 amide bonds. The average molecular weight is 219 g/mol. The standard InChI is InChI=1S/C8H16BBrO/c1-5-9(6-2)11-8(10)7(3)4/h5-6H2,1-4H3. The van der Waals surface area contributed by atoms with Crippen LogP contribution in [0.4, 0.5) is 0 Å². The van der Waals surface area contributed by atoms with Gasteiger partial charge >= 0.3 is 6.92 Å². The fourth-order valence-electron chi connectivity index (χ4n) is 0.720. The zero-order valence-electron chi connectivity index (χ0n) is 7.78. The van der Waals surface area contributed by atoms with Crippen molar-refractivity contribution < 1.29 is 4.65 Å². The van der Waals surface area contributed by atoms with Gasteiger partial charge in [-0.1, -0.05) is 13.8 Å². The van der Waals surface area contributed by atoms with Gasteiger partial charge < -0.3 is 4.65 Å². The van der Waals surface area contributed by atoms with Gasteiger partial charge in [0.1, 0.15) is 4.67 Å². The smallest absolute Gasteiger partial charge is 0.357 e. The van der Waals surface area contributed by atoms with E-state index in [0.29, 0.717) is 6.92 Å². The Morgan fingerprint density at radius 1 is 1.27 bits per heavy atom. The molecule has 0 aliphatic carbocycles. The highest BCUT2D eigenvalue weighted by atomic mass is 79.9. The molecule has 0 aromatic rings. The van der Waals surface area contributed by atoms with Crippen molar-refractivity contribution in [3.8, 4) is 0 Å². The van der Waals surface area contributed by atoms with Gasteiger partial charge in [0.15, 0.2) is 0 Å². The zero-order valence-corrected chi connectivity index (χ0v) is 9.36. The van der Waals surface area contributed by atoms with Gasteiger partial charge in [-0.15, -0.1) is 0 Å². The summed E-state index contributed by atoms with van der Waals surface area (Å²) in [7, 11) is 0. The molecule has 0 aliphatic heterocycles. The summed E-state index contributed by atoms with van der Waals surface area (Å²) in [5, 5.41) is 0. The summed E-state index contributed by atoms with van der Waals surface area (Å²) in [5.74, 6) is 0. The molecule has 0 aliphatic rings. The topological polar surface area (TPSA) is 9.23 Å². The van der Waals surface area contributed by atoms with Gasteiger partial charge in [-0.25, -0.2) is 0 Å². The first kappa shape index (κ1) is 11.1. The highest BCUT2D eigenvalue weighted by Gasteiger charge is 2.12. The van der Waals surface area contributed by atoms with E-state index >= 15 is 0 Å². The van der Waals surface area contributed by atoms with E-state index in [-0.39, 0.29) is 0 Å². The molecular weight excluding hydrogens is 203 g/mol. The molecule has 0 rings (SSSR count). The molecule has 64 valence electrons. The average Bonchev–Trinajstić information content (AvgIpc) is 1.99. The Hall–Kier alpha value is 0.0849. The third kappa shape index (κ3) is 4.51. The van der Waals surface area contributed by atoms with Crippen molar-refractivity contribution in [2.45, 2.75) is 40.3 Å². The molecule has 0 spiro atoms. The van der Waals surface area contributed by atoms with Crippen LogP contribution in [0.15, 0.2) is 10.2 Å². The largest absolute Gasteiger partial charge is 0.556 e. The van der Waals surface area contributed by atoms with Gasteiger partial charge in [-0.2, -0.15) is 0 Å². The first-order chi connectivity index (χ1) is 5.11. The Balaban J connectivity index is 3.91. The number of rotatable bonds is 4. The lowest BCUT2D eigenvalue weighted by molar-refractivity contribution is 0.470. The molecule has 0 N–H and O–H groups in total. The van der Waals surface area contributed by atoms with Crippen LogP contribution in [0.1, 0.15) is 27.7 Å². The van der Waals surface area contributed by atoms with Gasteiger partial charge in [-0.3, -0.25) is 0 Å². The van der Waals surface area contributed by atoms with Gasteiger partial charge in [0.25, 0.3) is 0 Å². The van der Waals surface area contributed by atoms with Crippen molar-refractivity contribution in [1.82, 2.24) is 0 Å². The first-order valence-electron chi connectivity index (χ1n) is 4.11. The molecular formula is C8H16BBrO. The van der Waals surface area contributed by atoms with Crippen LogP contribution in [0, 0.1) is 0 Å². The minimum absolute atomic E-state index is 0.360. The normalized spacial score (nSPS) is 9.18. The lowest BCUT2D eigenvalue weighted by Gasteiger charge is -2.12. The third-order valence-corrected chi connectivity index (χ3v) is 2.55. The summed E-state index contributed by atoms with van der Waals surface area (Å²) < 4.78 is 6.50. The van der Waals surface area contributed by atoms with E-state index < -0.39 is 0 Å². The van der Waals surface area contributed by atoms with E-state index in [9.17, 15) is 0 Å². The predicted octanol–water partition coefficient (Wildman–Crippen LogP) is 3.68. The summed E-state index contributed by atoms with van der Waals surface area (Å²) in [6.07, 6.45) is 2.14. The van der Waals surface area contributed by atoms with E-state index in [2.05, 4.69) is 29.8 Å².